The molecule has 0 amide bonds. The molecule has 2 unspecified atom stereocenters. The van der Waals surface area contributed by atoms with Crippen molar-refractivity contribution in [2.45, 2.75) is 18.8 Å². The van der Waals surface area contributed by atoms with Gasteiger partial charge < -0.3 is 9.63 Å². The van der Waals surface area contributed by atoms with Gasteiger partial charge in [0, 0.05) is 5.56 Å². The van der Waals surface area contributed by atoms with Gasteiger partial charge >= 0.3 is 5.97 Å². The third-order valence-electron chi connectivity index (χ3n) is 3.59. The van der Waals surface area contributed by atoms with Crippen LogP contribution >= 0.6 is 0 Å². The first-order valence-corrected chi connectivity index (χ1v) is 6.62. The molecule has 1 heterocycles. The van der Waals surface area contributed by atoms with E-state index in [2.05, 4.69) is 10.1 Å². The number of carboxylic acids is 1. The van der Waals surface area contributed by atoms with E-state index in [1.807, 2.05) is 12.2 Å². The SMILES string of the molecule is O=C(O)C1CC=CCC1c1nc(-c2cccc(F)c2)no1. The van der Waals surface area contributed by atoms with Crippen molar-refractivity contribution in [2.24, 2.45) is 5.92 Å². The maximum Gasteiger partial charge on any atom is 0.307 e. The predicted molar refractivity (Wildman–Crippen MR) is 71.9 cm³/mol. The van der Waals surface area contributed by atoms with E-state index in [0.717, 1.165) is 0 Å². The van der Waals surface area contributed by atoms with E-state index in [1.54, 1.807) is 12.1 Å². The van der Waals surface area contributed by atoms with E-state index in [4.69, 9.17) is 4.52 Å². The molecule has 0 fully saturated rings. The van der Waals surface area contributed by atoms with Crippen molar-refractivity contribution in [3.63, 3.8) is 0 Å². The first kappa shape index (κ1) is 13.5. The Hall–Kier alpha value is -2.50. The van der Waals surface area contributed by atoms with Gasteiger partial charge in [-0.2, -0.15) is 4.98 Å². The van der Waals surface area contributed by atoms with Gasteiger partial charge in [-0.05, 0) is 25.0 Å². The molecule has 21 heavy (non-hydrogen) atoms. The summed E-state index contributed by atoms with van der Waals surface area (Å²) < 4.78 is 18.4. The van der Waals surface area contributed by atoms with Crippen molar-refractivity contribution in [3.8, 4) is 11.4 Å². The van der Waals surface area contributed by atoms with Gasteiger partial charge in [0.2, 0.25) is 11.7 Å². The van der Waals surface area contributed by atoms with Gasteiger partial charge in [-0.15, -0.1) is 0 Å². The van der Waals surface area contributed by atoms with Gasteiger partial charge in [0.1, 0.15) is 5.82 Å². The Morgan fingerprint density at radius 3 is 2.90 bits per heavy atom. The molecular weight excluding hydrogens is 275 g/mol. The Labute approximate surface area is 120 Å². The van der Waals surface area contributed by atoms with Crippen LogP contribution in [0.25, 0.3) is 11.4 Å². The van der Waals surface area contributed by atoms with Gasteiger partial charge in [0.15, 0.2) is 0 Å². The Balaban J connectivity index is 1.91. The molecule has 5 nitrogen and oxygen atoms in total. The van der Waals surface area contributed by atoms with E-state index in [-0.39, 0.29) is 23.5 Å². The Morgan fingerprint density at radius 2 is 2.14 bits per heavy atom. The molecule has 1 aromatic carbocycles. The molecule has 6 heteroatoms. The number of rotatable bonds is 3. The quantitative estimate of drug-likeness (QED) is 0.878. The fourth-order valence-corrected chi connectivity index (χ4v) is 2.49. The molecule has 0 saturated carbocycles. The molecule has 2 atom stereocenters. The normalized spacial score (nSPS) is 21.4. The van der Waals surface area contributed by atoms with Crippen LogP contribution in [0.3, 0.4) is 0 Å². The Kier molecular flexibility index (Phi) is 3.51. The number of benzene rings is 1. The summed E-state index contributed by atoms with van der Waals surface area (Å²) in [6, 6.07) is 5.87. The summed E-state index contributed by atoms with van der Waals surface area (Å²) in [7, 11) is 0. The summed E-state index contributed by atoms with van der Waals surface area (Å²) in [6.07, 6.45) is 4.74. The highest BCUT2D eigenvalue weighted by molar-refractivity contribution is 5.71. The van der Waals surface area contributed by atoms with Crippen molar-refractivity contribution in [3.05, 3.63) is 48.1 Å². The Bertz CT molecular complexity index is 696. The number of aliphatic carboxylic acids is 1. The van der Waals surface area contributed by atoms with E-state index in [9.17, 15) is 14.3 Å². The first-order valence-electron chi connectivity index (χ1n) is 6.62. The highest BCUT2D eigenvalue weighted by Gasteiger charge is 2.34. The average molecular weight is 288 g/mol. The number of halogens is 1. The summed E-state index contributed by atoms with van der Waals surface area (Å²) in [5.41, 5.74) is 0.503. The lowest BCUT2D eigenvalue weighted by Crippen LogP contribution is -2.23. The van der Waals surface area contributed by atoms with Crippen LogP contribution in [0.4, 0.5) is 4.39 Å². The maximum atomic E-state index is 13.2. The lowest BCUT2D eigenvalue weighted by atomic mass is 9.83. The molecule has 3 rings (SSSR count). The predicted octanol–water partition coefficient (Wildman–Crippen LogP) is 3.01. The van der Waals surface area contributed by atoms with Crippen LogP contribution in [0.2, 0.25) is 0 Å². The zero-order valence-corrected chi connectivity index (χ0v) is 11.1. The topological polar surface area (TPSA) is 76.2 Å². The van der Waals surface area contributed by atoms with Crippen LogP contribution in [0.5, 0.6) is 0 Å². The fourth-order valence-electron chi connectivity index (χ4n) is 2.49. The molecule has 1 aliphatic carbocycles. The van der Waals surface area contributed by atoms with Gasteiger partial charge in [0.05, 0.1) is 11.8 Å². The summed E-state index contributed by atoms with van der Waals surface area (Å²) in [5, 5.41) is 13.1. The second-order valence-corrected chi connectivity index (χ2v) is 4.96. The van der Waals surface area contributed by atoms with E-state index in [1.165, 1.54) is 12.1 Å². The van der Waals surface area contributed by atoms with Crippen molar-refractivity contribution in [2.75, 3.05) is 0 Å². The number of hydrogen-bond acceptors (Lipinski definition) is 4. The molecule has 1 aliphatic rings. The number of carboxylic acid groups (broad SMARTS) is 1. The minimum atomic E-state index is -0.880. The fraction of sp³-hybridized carbons (Fsp3) is 0.267. The highest BCUT2D eigenvalue weighted by Crippen LogP contribution is 2.34. The van der Waals surface area contributed by atoms with Gasteiger partial charge in [-0.25, -0.2) is 4.39 Å². The molecule has 0 bridgehead atoms. The zero-order chi connectivity index (χ0) is 14.8. The number of hydrogen-bond donors (Lipinski definition) is 1. The van der Waals surface area contributed by atoms with Crippen LogP contribution in [-0.4, -0.2) is 21.2 Å². The van der Waals surface area contributed by atoms with Crippen molar-refractivity contribution >= 4 is 5.97 Å². The average Bonchev–Trinajstić information content (AvgIpc) is 2.97. The first-order chi connectivity index (χ1) is 10.1. The second kappa shape index (κ2) is 5.47. The van der Waals surface area contributed by atoms with Crippen LogP contribution in [0.1, 0.15) is 24.7 Å². The van der Waals surface area contributed by atoms with Crippen LogP contribution in [0.15, 0.2) is 40.9 Å². The van der Waals surface area contributed by atoms with E-state index in [0.29, 0.717) is 18.4 Å². The second-order valence-electron chi connectivity index (χ2n) is 4.96. The van der Waals surface area contributed by atoms with E-state index >= 15 is 0 Å². The largest absolute Gasteiger partial charge is 0.481 e. The van der Waals surface area contributed by atoms with Crippen LogP contribution in [-0.2, 0) is 4.79 Å². The lowest BCUT2D eigenvalue weighted by molar-refractivity contribution is -0.142. The minimum Gasteiger partial charge on any atom is -0.481 e. The number of allylic oxidation sites excluding steroid dienone is 2. The third-order valence-corrected chi connectivity index (χ3v) is 3.59. The third kappa shape index (κ3) is 2.69. The van der Waals surface area contributed by atoms with E-state index < -0.39 is 11.9 Å². The molecular formula is C15H13FN2O3. The highest BCUT2D eigenvalue weighted by atomic mass is 19.1. The minimum absolute atomic E-state index is 0.267. The van der Waals surface area contributed by atoms with Gasteiger partial charge in [0.25, 0.3) is 0 Å². The molecule has 108 valence electrons. The molecule has 0 aliphatic heterocycles. The number of aromatic nitrogens is 2. The van der Waals surface area contributed by atoms with Crippen LogP contribution in [0, 0.1) is 11.7 Å². The van der Waals surface area contributed by atoms with Crippen molar-refractivity contribution in [1.29, 1.82) is 0 Å². The molecule has 1 N–H and O–H groups in total. The summed E-state index contributed by atoms with van der Waals surface area (Å²) in [4.78, 5) is 15.5. The molecule has 2 aromatic rings. The standard InChI is InChI=1S/C15H13FN2O3/c16-10-5-3-4-9(8-10)13-17-14(21-18-13)11-6-1-2-7-12(11)15(19)20/h1-5,8,11-12H,6-7H2,(H,19,20). The van der Waals surface area contributed by atoms with Gasteiger partial charge in [-0.3, -0.25) is 4.79 Å². The van der Waals surface area contributed by atoms with Gasteiger partial charge in [-0.1, -0.05) is 29.4 Å². The maximum absolute atomic E-state index is 13.2. The summed E-state index contributed by atoms with van der Waals surface area (Å²) >= 11 is 0. The molecule has 0 spiro atoms. The zero-order valence-electron chi connectivity index (χ0n) is 11.1. The summed E-state index contributed by atoms with van der Waals surface area (Å²) in [5.74, 6) is -1.63. The number of nitrogens with zero attached hydrogens (tertiary/aromatic N) is 2. The molecule has 0 saturated heterocycles. The molecule has 0 radical (unpaired) electrons. The van der Waals surface area contributed by atoms with Crippen LogP contribution < -0.4 is 0 Å². The Morgan fingerprint density at radius 1 is 1.33 bits per heavy atom. The molecule has 1 aromatic heterocycles. The number of carbonyl (C=O) groups is 1. The summed E-state index contributed by atoms with van der Waals surface area (Å²) in [6.45, 7) is 0. The lowest BCUT2D eigenvalue weighted by Gasteiger charge is -2.21. The smallest absolute Gasteiger partial charge is 0.307 e. The van der Waals surface area contributed by atoms with Crippen molar-refractivity contribution < 1.29 is 18.8 Å². The van der Waals surface area contributed by atoms with Crippen molar-refractivity contribution in [1.82, 2.24) is 10.1 Å². The monoisotopic (exact) mass is 288 g/mol.